The van der Waals surface area contributed by atoms with Crippen LogP contribution in [0.1, 0.15) is 19.3 Å². The highest BCUT2D eigenvalue weighted by Gasteiger charge is 2.55. The summed E-state index contributed by atoms with van der Waals surface area (Å²) in [5.74, 6) is -0.875. The van der Waals surface area contributed by atoms with E-state index in [9.17, 15) is 13.2 Å². The van der Waals surface area contributed by atoms with Gasteiger partial charge in [-0.2, -0.15) is 3.97 Å². The van der Waals surface area contributed by atoms with Crippen LogP contribution < -0.4 is 5.69 Å². The summed E-state index contributed by atoms with van der Waals surface area (Å²) in [5.41, 5.74) is -1.27. The van der Waals surface area contributed by atoms with E-state index < -0.39 is 26.3 Å². The molecule has 31 heavy (non-hydrogen) atoms. The Hall–Kier alpha value is -2.43. The van der Waals surface area contributed by atoms with Crippen molar-refractivity contribution in [1.82, 2.24) is 13.5 Å². The first-order valence-electron chi connectivity index (χ1n) is 9.22. The van der Waals surface area contributed by atoms with E-state index >= 15 is 4.39 Å². The van der Waals surface area contributed by atoms with E-state index in [1.54, 1.807) is 6.07 Å². The van der Waals surface area contributed by atoms with Crippen LogP contribution >= 0.6 is 27.5 Å². The topological polar surface area (TPSA) is 87.1 Å². The van der Waals surface area contributed by atoms with Crippen molar-refractivity contribution >= 4 is 59.7 Å². The molecule has 5 rings (SSSR count). The fourth-order valence-corrected chi connectivity index (χ4v) is 6.66. The average Bonchev–Trinajstić information content (AvgIpc) is 3.24. The molecule has 0 bridgehead atoms. The zero-order valence-corrected chi connectivity index (χ0v) is 19.0. The van der Waals surface area contributed by atoms with Gasteiger partial charge in [-0.15, -0.1) is 6.58 Å². The number of nitrogens with zero attached hydrogens (tertiary/aromatic N) is 3. The van der Waals surface area contributed by atoms with Gasteiger partial charge in [-0.05, 0) is 37.5 Å². The van der Waals surface area contributed by atoms with Gasteiger partial charge < -0.3 is 4.42 Å². The Bertz CT molecular complexity index is 1570. The Labute approximate surface area is 188 Å². The van der Waals surface area contributed by atoms with Gasteiger partial charge in [0.1, 0.15) is 11.0 Å². The van der Waals surface area contributed by atoms with E-state index in [-0.39, 0.29) is 39.3 Å². The number of imidazole rings is 1. The number of hydrogen-bond donors (Lipinski definition) is 0. The molecule has 4 aromatic rings. The Kier molecular flexibility index (Phi) is 4.48. The molecule has 7 nitrogen and oxygen atoms in total. The predicted octanol–water partition coefficient (Wildman–Crippen LogP) is 4.78. The molecule has 2 aromatic heterocycles. The van der Waals surface area contributed by atoms with Gasteiger partial charge >= 0.3 is 5.69 Å². The Morgan fingerprint density at radius 1 is 1.35 bits per heavy atom. The maximum Gasteiger partial charge on any atom is 0.347 e. The molecule has 0 N–H and O–H groups in total. The highest BCUT2D eigenvalue weighted by molar-refractivity contribution is 9.10. The number of benzene rings is 2. The van der Waals surface area contributed by atoms with Crippen LogP contribution in [0.5, 0.6) is 0 Å². The van der Waals surface area contributed by atoms with Gasteiger partial charge in [-0.1, -0.05) is 33.6 Å². The van der Waals surface area contributed by atoms with Gasteiger partial charge in [0.2, 0.25) is 10.0 Å². The molecule has 0 unspecified atom stereocenters. The maximum atomic E-state index is 15.5. The molecule has 1 aliphatic carbocycles. The van der Waals surface area contributed by atoms with Crippen molar-refractivity contribution in [2.45, 2.75) is 24.0 Å². The molecule has 0 atom stereocenters. The monoisotopic (exact) mass is 525 g/mol. The molecule has 1 aliphatic rings. The first-order chi connectivity index (χ1) is 14.7. The number of rotatable bonds is 5. The van der Waals surface area contributed by atoms with Crippen LogP contribution in [-0.4, -0.2) is 26.7 Å². The lowest BCUT2D eigenvalue weighted by molar-refractivity contribution is 0.566. The summed E-state index contributed by atoms with van der Waals surface area (Å²) in [6.07, 6.45) is 3.51. The largest absolute Gasteiger partial charge is 0.443 e. The van der Waals surface area contributed by atoms with Crippen LogP contribution in [0.2, 0.25) is 5.02 Å². The number of halogens is 3. The van der Waals surface area contributed by atoms with Crippen molar-refractivity contribution in [3.8, 4) is 5.69 Å². The fraction of sp³-hybridized carbons (Fsp3) is 0.200. The van der Waals surface area contributed by atoms with Gasteiger partial charge in [0, 0.05) is 10.5 Å². The molecule has 0 radical (unpaired) electrons. The Balaban J connectivity index is 1.96. The lowest BCUT2D eigenvalue weighted by Crippen LogP contribution is -2.37. The van der Waals surface area contributed by atoms with E-state index in [0.717, 1.165) is 11.0 Å². The second-order valence-electron chi connectivity index (χ2n) is 7.42. The Morgan fingerprint density at radius 2 is 2.10 bits per heavy atom. The minimum absolute atomic E-state index is 0.0292. The molecular formula is C20H14BrClFN3O4S. The van der Waals surface area contributed by atoms with Gasteiger partial charge in [-0.25, -0.2) is 22.6 Å². The number of hydrogen-bond acceptors (Lipinski definition) is 5. The third-order valence-electron chi connectivity index (χ3n) is 5.59. The standard InChI is InChI=1S/C20H14BrClFN3O4S/c1-2-5-20(6-7-20)31(28,29)26-14-9-15-17(24-10-30-15)16(23)18(14)25(19(26)27)13-4-3-11(21)8-12(13)22/h2-4,8-10H,1,5-7H2. The van der Waals surface area contributed by atoms with E-state index in [1.807, 2.05) is 0 Å². The van der Waals surface area contributed by atoms with Crippen molar-refractivity contribution in [2.75, 3.05) is 0 Å². The summed E-state index contributed by atoms with van der Waals surface area (Å²) >= 11 is 9.63. The fourth-order valence-electron chi connectivity index (χ4n) is 3.88. The molecule has 0 spiro atoms. The molecule has 0 aliphatic heterocycles. The molecule has 0 saturated heterocycles. The van der Waals surface area contributed by atoms with Gasteiger partial charge in [0.25, 0.3) is 0 Å². The molecule has 2 aromatic carbocycles. The molecule has 2 heterocycles. The normalized spacial score (nSPS) is 15.6. The smallest absolute Gasteiger partial charge is 0.347 e. The number of aromatic nitrogens is 3. The summed E-state index contributed by atoms with van der Waals surface area (Å²) in [6, 6.07) is 5.98. The number of fused-ring (bicyclic) bond motifs is 2. The first kappa shape index (κ1) is 20.5. The second-order valence-corrected chi connectivity index (χ2v) is 10.9. The third kappa shape index (κ3) is 2.78. The van der Waals surface area contributed by atoms with Crippen molar-refractivity contribution in [3.05, 3.63) is 69.1 Å². The summed E-state index contributed by atoms with van der Waals surface area (Å²) < 4.78 is 49.1. The van der Waals surface area contributed by atoms with Crippen LogP contribution in [0.3, 0.4) is 0 Å². The highest BCUT2D eigenvalue weighted by Crippen LogP contribution is 2.48. The maximum absolute atomic E-state index is 15.5. The zero-order valence-electron chi connectivity index (χ0n) is 15.8. The van der Waals surface area contributed by atoms with E-state index in [4.69, 9.17) is 16.0 Å². The van der Waals surface area contributed by atoms with Crippen molar-refractivity contribution in [1.29, 1.82) is 0 Å². The molecule has 160 valence electrons. The third-order valence-corrected chi connectivity index (χ3v) is 8.89. The zero-order chi connectivity index (χ0) is 22.1. The predicted molar refractivity (Wildman–Crippen MR) is 119 cm³/mol. The minimum Gasteiger partial charge on any atom is -0.443 e. The Morgan fingerprint density at radius 3 is 2.74 bits per heavy atom. The first-order valence-corrected chi connectivity index (χ1v) is 11.8. The van der Waals surface area contributed by atoms with Gasteiger partial charge in [-0.3, -0.25) is 4.57 Å². The van der Waals surface area contributed by atoms with Crippen LogP contribution in [0.25, 0.3) is 27.8 Å². The van der Waals surface area contributed by atoms with Gasteiger partial charge in [0.15, 0.2) is 17.8 Å². The van der Waals surface area contributed by atoms with Gasteiger partial charge in [0.05, 0.1) is 21.0 Å². The van der Waals surface area contributed by atoms with Crippen LogP contribution in [-0.2, 0) is 10.0 Å². The SMILES string of the molecule is C=CCC1(S(=O)(=O)n2c(=O)n(-c3ccc(Br)cc3Cl)c3c(F)c4ncoc4cc32)CC1. The van der Waals surface area contributed by atoms with Crippen LogP contribution in [0.15, 0.2) is 57.0 Å². The van der Waals surface area contributed by atoms with Crippen LogP contribution in [0.4, 0.5) is 4.39 Å². The summed E-state index contributed by atoms with van der Waals surface area (Å²) in [5, 5.41) is 0.139. The average molecular weight is 527 g/mol. The second kappa shape index (κ2) is 6.78. The lowest BCUT2D eigenvalue weighted by atomic mass is 10.2. The van der Waals surface area contributed by atoms with Crippen molar-refractivity contribution < 1.29 is 17.2 Å². The minimum atomic E-state index is -4.19. The number of oxazole rings is 1. The van der Waals surface area contributed by atoms with Crippen molar-refractivity contribution in [2.24, 2.45) is 0 Å². The summed E-state index contributed by atoms with van der Waals surface area (Å²) in [7, 11) is -4.19. The van der Waals surface area contributed by atoms with Crippen molar-refractivity contribution in [3.63, 3.8) is 0 Å². The summed E-state index contributed by atoms with van der Waals surface area (Å²) in [4.78, 5) is 17.4. The molecule has 1 saturated carbocycles. The molecule has 1 fully saturated rings. The molecular weight excluding hydrogens is 513 g/mol. The molecule has 0 amide bonds. The quantitative estimate of drug-likeness (QED) is 0.350. The van der Waals surface area contributed by atoms with Crippen LogP contribution in [0, 0.1) is 5.82 Å². The lowest BCUT2D eigenvalue weighted by Gasteiger charge is -2.15. The van der Waals surface area contributed by atoms with E-state index in [1.165, 1.54) is 24.3 Å². The molecule has 11 heteroatoms. The van der Waals surface area contributed by atoms with E-state index in [0.29, 0.717) is 21.3 Å². The number of allylic oxidation sites excluding steroid dienone is 1. The van der Waals surface area contributed by atoms with E-state index in [2.05, 4.69) is 27.5 Å². The highest BCUT2D eigenvalue weighted by atomic mass is 79.9. The summed E-state index contributed by atoms with van der Waals surface area (Å²) in [6.45, 7) is 3.64.